The monoisotopic (exact) mass is 234 g/mol. The van der Waals surface area contributed by atoms with Gasteiger partial charge in [0.05, 0.1) is 11.4 Å². The van der Waals surface area contributed by atoms with Crippen LogP contribution in [-0.2, 0) is 0 Å². The molecule has 0 aliphatic carbocycles. The van der Waals surface area contributed by atoms with Gasteiger partial charge in [-0.1, -0.05) is 0 Å². The maximum atomic E-state index is 5.79. The van der Waals surface area contributed by atoms with Crippen LogP contribution in [0.4, 0.5) is 11.5 Å². The number of hydrogen-bond donors (Lipinski definition) is 1. The first-order valence-corrected chi connectivity index (χ1v) is 6.30. The van der Waals surface area contributed by atoms with E-state index in [0.29, 0.717) is 6.04 Å². The van der Waals surface area contributed by atoms with Crippen molar-refractivity contribution in [2.45, 2.75) is 26.8 Å². The third-order valence-electron chi connectivity index (χ3n) is 3.48. The fourth-order valence-electron chi connectivity index (χ4n) is 2.20. The molecule has 2 rings (SSSR count). The van der Waals surface area contributed by atoms with E-state index >= 15 is 0 Å². The van der Waals surface area contributed by atoms with E-state index in [0.717, 1.165) is 43.4 Å². The van der Waals surface area contributed by atoms with E-state index in [1.807, 2.05) is 19.1 Å². The van der Waals surface area contributed by atoms with Gasteiger partial charge in [-0.25, -0.2) is 4.98 Å². The van der Waals surface area contributed by atoms with Gasteiger partial charge in [-0.2, -0.15) is 0 Å². The molecule has 0 saturated carbocycles. The highest BCUT2D eigenvalue weighted by Gasteiger charge is 2.19. The third-order valence-corrected chi connectivity index (χ3v) is 3.48. The van der Waals surface area contributed by atoms with Gasteiger partial charge in [0.1, 0.15) is 5.82 Å². The maximum absolute atomic E-state index is 5.79. The van der Waals surface area contributed by atoms with Gasteiger partial charge < -0.3 is 10.6 Å². The predicted octanol–water partition coefficient (Wildman–Crippen LogP) is 1.50. The van der Waals surface area contributed by atoms with E-state index in [-0.39, 0.29) is 0 Å². The fourth-order valence-corrected chi connectivity index (χ4v) is 2.20. The van der Waals surface area contributed by atoms with Crippen LogP contribution in [0.15, 0.2) is 12.1 Å². The Morgan fingerprint density at radius 2 is 1.82 bits per heavy atom. The minimum Gasteiger partial charge on any atom is -0.397 e. The highest BCUT2D eigenvalue weighted by atomic mass is 15.3. The van der Waals surface area contributed by atoms with Gasteiger partial charge in [-0.15, -0.1) is 0 Å². The van der Waals surface area contributed by atoms with Crippen molar-refractivity contribution >= 4 is 11.5 Å². The van der Waals surface area contributed by atoms with Crippen molar-refractivity contribution < 1.29 is 0 Å². The molecule has 0 spiro atoms. The van der Waals surface area contributed by atoms with Gasteiger partial charge in [0.15, 0.2) is 0 Å². The molecule has 0 unspecified atom stereocenters. The number of piperazine rings is 1. The largest absolute Gasteiger partial charge is 0.397 e. The second kappa shape index (κ2) is 4.92. The molecule has 1 aromatic heterocycles. The summed E-state index contributed by atoms with van der Waals surface area (Å²) in [5.41, 5.74) is 7.49. The summed E-state index contributed by atoms with van der Waals surface area (Å²) in [5.74, 6) is 1.06. The van der Waals surface area contributed by atoms with Crippen molar-refractivity contribution in [3.05, 3.63) is 17.8 Å². The molecule has 1 fully saturated rings. The van der Waals surface area contributed by atoms with Crippen molar-refractivity contribution in [1.82, 2.24) is 9.88 Å². The number of rotatable bonds is 2. The lowest BCUT2D eigenvalue weighted by Gasteiger charge is -2.37. The van der Waals surface area contributed by atoms with Gasteiger partial charge >= 0.3 is 0 Å². The second-order valence-electron chi connectivity index (χ2n) is 4.96. The molecule has 0 radical (unpaired) electrons. The Balaban J connectivity index is 2.03. The first kappa shape index (κ1) is 12.2. The molecule has 1 aliphatic rings. The lowest BCUT2D eigenvalue weighted by atomic mass is 10.2. The van der Waals surface area contributed by atoms with Gasteiger partial charge in [0.25, 0.3) is 0 Å². The molecule has 4 nitrogen and oxygen atoms in total. The smallest absolute Gasteiger partial charge is 0.129 e. The van der Waals surface area contributed by atoms with Crippen LogP contribution in [-0.4, -0.2) is 42.1 Å². The average molecular weight is 234 g/mol. The topological polar surface area (TPSA) is 45.4 Å². The molecule has 94 valence electrons. The second-order valence-corrected chi connectivity index (χ2v) is 4.96. The number of nitrogen functional groups attached to an aromatic ring is 1. The highest BCUT2D eigenvalue weighted by molar-refractivity contribution is 5.50. The van der Waals surface area contributed by atoms with E-state index in [9.17, 15) is 0 Å². The molecule has 2 heterocycles. The average Bonchev–Trinajstić information content (AvgIpc) is 2.33. The summed E-state index contributed by atoms with van der Waals surface area (Å²) in [6.45, 7) is 10.8. The van der Waals surface area contributed by atoms with Gasteiger partial charge in [-0.3, -0.25) is 4.90 Å². The number of nitrogens with two attached hydrogens (primary N) is 1. The third kappa shape index (κ3) is 2.69. The highest BCUT2D eigenvalue weighted by Crippen LogP contribution is 2.18. The quantitative estimate of drug-likeness (QED) is 0.842. The summed E-state index contributed by atoms with van der Waals surface area (Å²) in [5, 5.41) is 0. The van der Waals surface area contributed by atoms with Crippen LogP contribution < -0.4 is 10.6 Å². The first-order chi connectivity index (χ1) is 8.08. The summed E-state index contributed by atoms with van der Waals surface area (Å²) in [7, 11) is 0. The van der Waals surface area contributed by atoms with Gasteiger partial charge in [0.2, 0.25) is 0 Å². The minimum atomic E-state index is 0.637. The lowest BCUT2D eigenvalue weighted by Crippen LogP contribution is -2.49. The summed E-state index contributed by atoms with van der Waals surface area (Å²) >= 11 is 0. The van der Waals surface area contributed by atoms with Crippen LogP contribution in [0.5, 0.6) is 0 Å². The Hall–Kier alpha value is -1.29. The molecule has 4 heteroatoms. The van der Waals surface area contributed by atoms with Crippen LogP contribution in [0.3, 0.4) is 0 Å². The Kier molecular flexibility index (Phi) is 3.52. The normalized spacial score (nSPS) is 17.8. The zero-order valence-electron chi connectivity index (χ0n) is 11.0. The van der Waals surface area contributed by atoms with Crippen molar-refractivity contribution in [1.29, 1.82) is 0 Å². The number of hydrogen-bond acceptors (Lipinski definition) is 4. The van der Waals surface area contributed by atoms with Crippen LogP contribution in [0, 0.1) is 6.92 Å². The van der Waals surface area contributed by atoms with Crippen LogP contribution >= 0.6 is 0 Å². The fraction of sp³-hybridized carbons (Fsp3) is 0.615. The summed E-state index contributed by atoms with van der Waals surface area (Å²) in [6, 6.07) is 4.61. The summed E-state index contributed by atoms with van der Waals surface area (Å²) < 4.78 is 0. The standard InChI is InChI=1S/C13H22N4/c1-10(2)16-6-8-17(9-7-16)13-5-4-12(14)11(3)15-13/h4-5,10H,6-9,14H2,1-3H3. The van der Waals surface area contributed by atoms with E-state index < -0.39 is 0 Å². The predicted molar refractivity (Wildman–Crippen MR) is 72.3 cm³/mol. The van der Waals surface area contributed by atoms with Crippen LogP contribution in [0.25, 0.3) is 0 Å². The zero-order valence-corrected chi connectivity index (χ0v) is 11.0. The molecule has 0 aromatic carbocycles. The molecule has 1 saturated heterocycles. The van der Waals surface area contributed by atoms with Crippen molar-refractivity contribution in [3.63, 3.8) is 0 Å². The van der Waals surface area contributed by atoms with E-state index in [2.05, 4.69) is 28.6 Å². The molecule has 0 amide bonds. The van der Waals surface area contributed by atoms with Crippen LogP contribution in [0.1, 0.15) is 19.5 Å². The first-order valence-electron chi connectivity index (χ1n) is 6.30. The number of aryl methyl sites for hydroxylation is 1. The van der Waals surface area contributed by atoms with Crippen molar-refractivity contribution in [3.8, 4) is 0 Å². The maximum Gasteiger partial charge on any atom is 0.129 e. The SMILES string of the molecule is Cc1nc(N2CCN(C(C)C)CC2)ccc1N. The molecular weight excluding hydrogens is 212 g/mol. The number of nitrogens with zero attached hydrogens (tertiary/aromatic N) is 3. The van der Waals surface area contributed by atoms with Crippen molar-refractivity contribution in [2.24, 2.45) is 0 Å². The van der Waals surface area contributed by atoms with Crippen molar-refractivity contribution in [2.75, 3.05) is 36.8 Å². The molecule has 1 aromatic rings. The van der Waals surface area contributed by atoms with E-state index in [1.54, 1.807) is 0 Å². The Morgan fingerprint density at radius 1 is 1.18 bits per heavy atom. The van der Waals surface area contributed by atoms with E-state index in [1.165, 1.54) is 0 Å². The number of anilines is 2. The van der Waals surface area contributed by atoms with Crippen LogP contribution in [0.2, 0.25) is 0 Å². The molecule has 2 N–H and O–H groups in total. The Labute approximate surface area is 103 Å². The van der Waals surface area contributed by atoms with Gasteiger partial charge in [0, 0.05) is 32.2 Å². The number of aromatic nitrogens is 1. The minimum absolute atomic E-state index is 0.637. The molecule has 1 aliphatic heterocycles. The molecular formula is C13H22N4. The van der Waals surface area contributed by atoms with E-state index in [4.69, 9.17) is 5.73 Å². The summed E-state index contributed by atoms with van der Waals surface area (Å²) in [6.07, 6.45) is 0. The Morgan fingerprint density at radius 3 is 2.35 bits per heavy atom. The van der Waals surface area contributed by atoms with Gasteiger partial charge in [-0.05, 0) is 32.9 Å². The molecule has 0 bridgehead atoms. The Bertz CT molecular complexity index is 381. The molecule has 17 heavy (non-hydrogen) atoms. The summed E-state index contributed by atoms with van der Waals surface area (Å²) in [4.78, 5) is 9.39. The zero-order chi connectivity index (χ0) is 12.4. The lowest BCUT2D eigenvalue weighted by molar-refractivity contribution is 0.209. The number of pyridine rings is 1. The molecule has 0 atom stereocenters.